The highest BCUT2D eigenvalue weighted by atomic mass is 32.2. The van der Waals surface area contributed by atoms with Gasteiger partial charge in [-0.15, -0.1) is 11.8 Å². The lowest BCUT2D eigenvalue weighted by Crippen LogP contribution is -2.31. The first-order valence-corrected chi connectivity index (χ1v) is 14.4. The highest BCUT2D eigenvalue weighted by molar-refractivity contribution is 7.99. The molecule has 4 aromatic heterocycles. The van der Waals surface area contributed by atoms with Gasteiger partial charge in [0, 0.05) is 17.0 Å². The molecule has 11 heteroatoms. The maximum absolute atomic E-state index is 13.9. The zero-order chi connectivity index (χ0) is 26.9. The van der Waals surface area contributed by atoms with Gasteiger partial charge in [0.25, 0.3) is 5.56 Å². The summed E-state index contributed by atoms with van der Waals surface area (Å²) in [5.41, 5.74) is 4.02. The van der Waals surface area contributed by atoms with Crippen molar-refractivity contribution in [2.75, 3.05) is 11.1 Å². The van der Waals surface area contributed by atoms with Crippen LogP contribution in [0.25, 0.3) is 22.6 Å². The molecule has 0 unspecified atom stereocenters. The standard InChI is InChI=1S/C28H29N9OS/c1-3-39-20-10-9-19(30-13-20)12-31-26-28(38)37(22-6-4-5-18(22)11-29)27-21(35-26)14-32-25(36-27)23-16(2)33-15-34-24(23)17-7-8-17/h9-10,13-15,17-18,22H,3-8,12H2,1-2H3,(H,31,35)/t18-,22-/m0/s1. The molecule has 1 N–H and O–H groups in total. The molecule has 10 nitrogen and oxygen atoms in total. The number of nitrogens with one attached hydrogen (secondary N) is 1. The van der Waals surface area contributed by atoms with Gasteiger partial charge >= 0.3 is 0 Å². The van der Waals surface area contributed by atoms with Gasteiger partial charge in [0.1, 0.15) is 11.8 Å². The summed E-state index contributed by atoms with van der Waals surface area (Å²) in [5, 5.41) is 13.0. The minimum atomic E-state index is -0.291. The number of nitriles is 1. The van der Waals surface area contributed by atoms with Crippen LogP contribution < -0.4 is 10.9 Å². The van der Waals surface area contributed by atoms with Crippen molar-refractivity contribution in [2.24, 2.45) is 5.92 Å². The van der Waals surface area contributed by atoms with Gasteiger partial charge < -0.3 is 5.32 Å². The number of rotatable bonds is 8. The molecule has 0 saturated heterocycles. The number of anilines is 1. The lowest BCUT2D eigenvalue weighted by atomic mass is 10.1. The van der Waals surface area contributed by atoms with E-state index in [0.29, 0.717) is 29.5 Å². The minimum Gasteiger partial charge on any atom is -0.360 e. The molecule has 2 aliphatic rings. The summed E-state index contributed by atoms with van der Waals surface area (Å²) in [6.45, 7) is 4.38. The van der Waals surface area contributed by atoms with Gasteiger partial charge in [-0.05, 0) is 56.9 Å². The Hall–Kier alpha value is -3.91. The third-order valence-corrected chi connectivity index (χ3v) is 8.27. The van der Waals surface area contributed by atoms with Gasteiger partial charge in [0.15, 0.2) is 17.3 Å². The smallest absolute Gasteiger partial charge is 0.295 e. The zero-order valence-electron chi connectivity index (χ0n) is 22.0. The molecule has 0 radical (unpaired) electrons. The fourth-order valence-electron chi connectivity index (χ4n) is 5.32. The Labute approximate surface area is 230 Å². The first-order valence-electron chi connectivity index (χ1n) is 13.4. The van der Waals surface area contributed by atoms with E-state index in [1.165, 1.54) is 0 Å². The third kappa shape index (κ3) is 4.96. The topological polar surface area (TPSA) is 135 Å². The summed E-state index contributed by atoms with van der Waals surface area (Å²) in [4.78, 5) is 42.7. The highest BCUT2D eigenvalue weighted by Gasteiger charge is 2.33. The Morgan fingerprint density at radius 3 is 2.72 bits per heavy atom. The zero-order valence-corrected chi connectivity index (χ0v) is 22.8. The number of pyridine rings is 1. The maximum atomic E-state index is 13.9. The molecule has 2 saturated carbocycles. The molecule has 0 spiro atoms. The van der Waals surface area contributed by atoms with Gasteiger partial charge in [0.05, 0.1) is 53.4 Å². The van der Waals surface area contributed by atoms with Crippen molar-refractivity contribution in [1.82, 2.24) is 34.5 Å². The number of aromatic nitrogens is 7. The van der Waals surface area contributed by atoms with E-state index in [1.54, 1.807) is 28.9 Å². The van der Waals surface area contributed by atoms with Crippen LogP contribution in [0.5, 0.6) is 0 Å². The number of thioether (sulfide) groups is 1. The van der Waals surface area contributed by atoms with Crippen molar-refractivity contribution in [1.29, 1.82) is 5.26 Å². The second-order valence-electron chi connectivity index (χ2n) is 10.0. The normalized spacial score (nSPS) is 18.8. The Balaban J connectivity index is 1.43. The fourth-order valence-corrected chi connectivity index (χ4v) is 5.95. The van der Waals surface area contributed by atoms with Crippen LogP contribution in [0.1, 0.15) is 68.1 Å². The average Bonchev–Trinajstić information content (AvgIpc) is 3.70. The van der Waals surface area contributed by atoms with E-state index >= 15 is 0 Å². The summed E-state index contributed by atoms with van der Waals surface area (Å²) in [6, 6.07) is 6.10. The molecule has 4 heterocycles. The molecular weight excluding hydrogens is 510 g/mol. The Bertz CT molecular complexity index is 1630. The number of hydrogen-bond donors (Lipinski definition) is 1. The predicted molar refractivity (Wildman–Crippen MR) is 149 cm³/mol. The van der Waals surface area contributed by atoms with Crippen molar-refractivity contribution in [3.8, 4) is 17.5 Å². The van der Waals surface area contributed by atoms with Crippen LogP contribution in [0.4, 0.5) is 5.82 Å². The SMILES string of the molecule is CCSc1ccc(CNc2nc3cnc(-c4c(C)ncnc4C4CC4)nc3n([C@H]3CCC[C@H]3C#N)c2=O)nc1. The Kier molecular flexibility index (Phi) is 6.95. The summed E-state index contributed by atoms with van der Waals surface area (Å²) in [6.07, 6.45) is 9.61. The molecule has 0 aliphatic heterocycles. The molecule has 2 fully saturated rings. The van der Waals surface area contributed by atoms with Gasteiger partial charge in [-0.1, -0.05) is 6.92 Å². The van der Waals surface area contributed by atoms with Gasteiger partial charge in [0.2, 0.25) is 0 Å². The summed E-state index contributed by atoms with van der Waals surface area (Å²) in [7, 11) is 0. The molecule has 0 amide bonds. The lowest BCUT2D eigenvalue weighted by Gasteiger charge is -2.20. The van der Waals surface area contributed by atoms with E-state index in [4.69, 9.17) is 4.98 Å². The van der Waals surface area contributed by atoms with Crippen LogP contribution in [0.2, 0.25) is 0 Å². The summed E-state index contributed by atoms with van der Waals surface area (Å²) in [5.74, 6) is 1.78. The minimum absolute atomic E-state index is 0.203. The molecule has 39 heavy (non-hydrogen) atoms. The first kappa shape index (κ1) is 25.4. The van der Waals surface area contributed by atoms with Crippen LogP contribution in [-0.4, -0.2) is 40.2 Å². The van der Waals surface area contributed by atoms with Crippen molar-refractivity contribution < 1.29 is 0 Å². The number of hydrogen-bond acceptors (Lipinski definition) is 10. The number of nitrogens with zero attached hydrogens (tertiary/aromatic N) is 8. The molecule has 6 rings (SSSR count). The van der Waals surface area contributed by atoms with E-state index in [1.807, 2.05) is 25.3 Å². The van der Waals surface area contributed by atoms with Crippen LogP contribution in [0, 0.1) is 24.2 Å². The first-order chi connectivity index (χ1) is 19.1. The van der Waals surface area contributed by atoms with Gasteiger partial charge in [-0.3, -0.25) is 14.3 Å². The lowest BCUT2D eigenvalue weighted by molar-refractivity contribution is 0.447. The molecule has 0 aromatic carbocycles. The maximum Gasteiger partial charge on any atom is 0.295 e. The Morgan fingerprint density at radius 1 is 1.10 bits per heavy atom. The highest BCUT2D eigenvalue weighted by Crippen LogP contribution is 2.43. The summed E-state index contributed by atoms with van der Waals surface area (Å²) < 4.78 is 1.67. The second kappa shape index (κ2) is 10.7. The van der Waals surface area contributed by atoms with Crippen molar-refractivity contribution in [3.05, 3.63) is 58.3 Å². The summed E-state index contributed by atoms with van der Waals surface area (Å²) >= 11 is 1.73. The number of fused-ring (bicyclic) bond motifs is 1. The average molecular weight is 540 g/mol. The molecule has 4 aromatic rings. The van der Waals surface area contributed by atoms with E-state index in [9.17, 15) is 10.1 Å². The van der Waals surface area contributed by atoms with E-state index in [0.717, 1.165) is 65.4 Å². The third-order valence-electron chi connectivity index (χ3n) is 7.41. The fraction of sp³-hybridized carbons (Fsp3) is 0.429. The molecule has 2 atom stereocenters. The Morgan fingerprint density at radius 2 is 1.97 bits per heavy atom. The van der Waals surface area contributed by atoms with Crippen molar-refractivity contribution in [2.45, 2.75) is 69.4 Å². The van der Waals surface area contributed by atoms with Gasteiger partial charge in [-0.25, -0.2) is 24.9 Å². The van der Waals surface area contributed by atoms with E-state index < -0.39 is 0 Å². The largest absolute Gasteiger partial charge is 0.360 e. The second-order valence-corrected chi connectivity index (χ2v) is 11.4. The molecular formula is C28H29N9OS. The van der Waals surface area contributed by atoms with Crippen molar-refractivity contribution >= 4 is 28.7 Å². The monoisotopic (exact) mass is 539 g/mol. The predicted octanol–water partition coefficient (Wildman–Crippen LogP) is 4.81. The van der Waals surface area contributed by atoms with Crippen LogP contribution in [-0.2, 0) is 6.54 Å². The molecule has 0 bridgehead atoms. The van der Waals surface area contributed by atoms with Gasteiger partial charge in [-0.2, -0.15) is 5.26 Å². The molecule has 198 valence electrons. The van der Waals surface area contributed by atoms with Crippen LogP contribution >= 0.6 is 11.8 Å². The number of aryl methyl sites for hydroxylation is 1. The van der Waals surface area contributed by atoms with Crippen molar-refractivity contribution in [3.63, 3.8) is 0 Å². The van der Waals surface area contributed by atoms with Crippen LogP contribution in [0.3, 0.4) is 0 Å². The van der Waals surface area contributed by atoms with E-state index in [-0.39, 0.29) is 23.3 Å². The molecule has 2 aliphatic carbocycles. The van der Waals surface area contributed by atoms with Crippen LogP contribution in [0.15, 0.2) is 40.5 Å². The van der Waals surface area contributed by atoms with E-state index in [2.05, 4.69) is 43.2 Å². The quantitative estimate of drug-likeness (QED) is 0.311.